The van der Waals surface area contributed by atoms with Crippen molar-refractivity contribution in [3.05, 3.63) is 29.3 Å². The molecule has 0 bridgehead atoms. The average Bonchev–Trinajstić information content (AvgIpc) is 2.37. The van der Waals surface area contributed by atoms with Gasteiger partial charge in [0.15, 0.2) is 0 Å². The van der Waals surface area contributed by atoms with E-state index in [9.17, 15) is 13.2 Å². The molecule has 1 atom stereocenters. The molecule has 0 aliphatic heterocycles. The molecule has 0 fully saturated rings. The summed E-state index contributed by atoms with van der Waals surface area (Å²) in [4.78, 5) is 11.5. The van der Waals surface area contributed by atoms with Gasteiger partial charge in [0.05, 0.1) is 10.9 Å². The van der Waals surface area contributed by atoms with Gasteiger partial charge in [-0.05, 0) is 37.1 Å². The molecule has 0 saturated heterocycles. The summed E-state index contributed by atoms with van der Waals surface area (Å²) in [5.74, 6) is -0.390. The molecule has 0 aliphatic carbocycles. The topological polar surface area (TPSA) is 101 Å². The highest BCUT2D eigenvalue weighted by molar-refractivity contribution is 7.89. The molecule has 7 heteroatoms. The first-order valence-corrected chi connectivity index (χ1v) is 7.33. The minimum atomic E-state index is -3.71. The fourth-order valence-electron chi connectivity index (χ4n) is 1.64. The molecule has 0 heterocycles. The molecule has 0 aliphatic rings. The number of hydrogen-bond donors (Lipinski definition) is 3. The van der Waals surface area contributed by atoms with Crippen molar-refractivity contribution in [1.29, 1.82) is 0 Å². The van der Waals surface area contributed by atoms with Crippen LogP contribution in [-0.4, -0.2) is 27.4 Å². The maximum Gasteiger partial charge on any atom is 0.241 e. The summed E-state index contributed by atoms with van der Waals surface area (Å²) in [6.45, 7) is 3.63. The maximum atomic E-state index is 12.1. The third kappa shape index (κ3) is 3.76. The van der Waals surface area contributed by atoms with Gasteiger partial charge in [0.1, 0.15) is 0 Å². The lowest BCUT2D eigenvalue weighted by Gasteiger charge is -2.13. The molecule has 1 rings (SSSR count). The Morgan fingerprint density at radius 2 is 2.05 bits per heavy atom. The van der Waals surface area contributed by atoms with Gasteiger partial charge in [-0.1, -0.05) is 6.07 Å². The van der Waals surface area contributed by atoms with Crippen LogP contribution in [0.2, 0.25) is 0 Å². The first-order valence-electron chi connectivity index (χ1n) is 5.85. The van der Waals surface area contributed by atoms with Crippen LogP contribution in [0.3, 0.4) is 0 Å². The van der Waals surface area contributed by atoms with Gasteiger partial charge in [-0.25, -0.2) is 8.42 Å². The SMILES string of the molecule is CNC(=O)C(C)NS(=O)(=O)c1ccc(CN)c(C)c1. The molecule has 1 unspecified atom stereocenters. The number of carbonyl (C=O) groups excluding carboxylic acids is 1. The van der Waals surface area contributed by atoms with Gasteiger partial charge in [-0.3, -0.25) is 4.79 Å². The zero-order valence-electron chi connectivity index (χ0n) is 11.2. The smallest absolute Gasteiger partial charge is 0.241 e. The fourth-order valence-corrected chi connectivity index (χ4v) is 2.92. The second-order valence-electron chi connectivity index (χ2n) is 4.25. The lowest BCUT2D eigenvalue weighted by Crippen LogP contribution is -2.43. The Labute approximate surface area is 113 Å². The number of rotatable bonds is 5. The highest BCUT2D eigenvalue weighted by Crippen LogP contribution is 2.15. The largest absolute Gasteiger partial charge is 0.358 e. The summed E-state index contributed by atoms with van der Waals surface area (Å²) >= 11 is 0. The first kappa shape index (κ1) is 15.6. The molecular formula is C12H19N3O3S. The van der Waals surface area contributed by atoms with Crippen molar-refractivity contribution in [1.82, 2.24) is 10.0 Å². The molecule has 6 nitrogen and oxygen atoms in total. The van der Waals surface area contributed by atoms with Crippen molar-refractivity contribution in [2.75, 3.05) is 7.05 Å². The van der Waals surface area contributed by atoms with Crippen LogP contribution in [-0.2, 0) is 21.4 Å². The Morgan fingerprint density at radius 1 is 1.42 bits per heavy atom. The molecule has 106 valence electrons. The number of nitrogens with two attached hydrogens (primary N) is 1. The Kier molecular flexibility index (Phi) is 5.04. The minimum Gasteiger partial charge on any atom is -0.358 e. The monoisotopic (exact) mass is 285 g/mol. The van der Waals surface area contributed by atoms with Gasteiger partial charge in [0, 0.05) is 13.6 Å². The zero-order valence-corrected chi connectivity index (χ0v) is 12.0. The molecule has 4 N–H and O–H groups in total. The van der Waals surface area contributed by atoms with E-state index < -0.39 is 16.1 Å². The molecule has 0 saturated carbocycles. The third-order valence-electron chi connectivity index (χ3n) is 2.82. The highest BCUT2D eigenvalue weighted by Gasteiger charge is 2.21. The standard InChI is InChI=1S/C12H19N3O3S/c1-8-6-11(5-4-10(8)7-13)19(17,18)15-9(2)12(16)14-3/h4-6,9,15H,7,13H2,1-3H3,(H,14,16). The van der Waals surface area contributed by atoms with Crippen LogP contribution in [0.4, 0.5) is 0 Å². The Hall–Kier alpha value is -1.44. The van der Waals surface area contributed by atoms with E-state index in [0.29, 0.717) is 6.54 Å². The van der Waals surface area contributed by atoms with E-state index >= 15 is 0 Å². The molecule has 0 aromatic heterocycles. The van der Waals surface area contributed by atoms with Crippen LogP contribution in [0.5, 0.6) is 0 Å². The third-order valence-corrected chi connectivity index (χ3v) is 4.35. The summed E-state index contributed by atoms with van der Waals surface area (Å²) in [6.07, 6.45) is 0. The van der Waals surface area contributed by atoms with Crippen molar-refractivity contribution < 1.29 is 13.2 Å². The van der Waals surface area contributed by atoms with Crippen LogP contribution in [0.25, 0.3) is 0 Å². The van der Waals surface area contributed by atoms with Crippen molar-refractivity contribution in [2.24, 2.45) is 5.73 Å². The predicted molar refractivity (Wildman–Crippen MR) is 72.9 cm³/mol. The Balaban J connectivity index is 3.01. The van der Waals surface area contributed by atoms with E-state index in [4.69, 9.17) is 5.73 Å². The lowest BCUT2D eigenvalue weighted by molar-refractivity contribution is -0.121. The number of sulfonamides is 1. The predicted octanol–water partition coefficient (Wildman–Crippen LogP) is -0.133. The van der Waals surface area contributed by atoms with E-state index in [1.165, 1.54) is 20.0 Å². The van der Waals surface area contributed by atoms with Gasteiger partial charge < -0.3 is 11.1 Å². The van der Waals surface area contributed by atoms with Gasteiger partial charge in [0.25, 0.3) is 0 Å². The van der Waals surface area contributed by atoms with E-state index in [0.717, 1.165) is 11.1 Å². The van der Waals surface area contributed by atoms with Crippen molar-refractivity contribution in [2.45, 2.75) is 31.3 Å². The quantitative estimate of drug-likeness (QED) is 0.701. The van der Waals surface area contributed by atoms with Gasteiger partial charge in [0.2, 0.25) is 15.9 Å². The molecular weight excluding hydrogens is 266 g/mol. The summed E-state index contributed by atoms with van der Waals surface area (Å²) in [6, 6.07) is 3.87. The summed E-state index contributed by atoms with van der Waals surface area (Å²) in [5, 5.41) is 2.39. The van der Waals surface area contributed by atoms with E-state index in [1.54, 1.807) is 19.1 Å². The first-order chi connectivity index (χ1) is 8.81. The molecule has 1 aromatic rings. The average molecular weight is 285 g/mol. The van der Waals surface area contributed by atoms with Gasteiger partial charge >= 0.3 is 0 Å². The summed E-state index contributed by atoms with van der Waals surface area (Å²) in [5.41, 5.74) is 7.22. The number of likely N-dealkylation sites (N-methyl/N-ethyl adjacent to an activating group) is 1. The van der Waals surface area contributed by atoms with Crippen molar-refractivity contribution in [3.8, 4) is 0 Å². The molecule has 1 aromatic carbocycles. The summed E-state index contributed by atoms with van der Waals surface area (Å²) < 4.78 is 26.5. The highest BCUT2D eigenvalue weighted by atomic mass is 32.2. The number of nitrogens with one attached hydrogen (secondary N) is 2. The second kappa shape index (κ2) is 6.14. The number of benzene rings is 1. The lowest BCUT2D eigenvalue weighted by atomic mass is 10.1. The maximum absolute atomic E-state index is 12.1. The van der Waals surface area contributed by atoms with Gasteiger partial charge in [-0.2, -0.15) is 4.72 Å². The Morgan fingerprint density at radius 3 is 2.53 bits per heavy atom. The molecule has 0 radical (unpaired) electrons. The van der Waals surface area contributed by atoms with E-state index in [2.05, 4.69) is 10.0 Å². The summed E-state index contributed by atoms with van der Waals surface area (Å²) in [7, 11) is -2.26. The van der Waals surface area contributed by atoms with Crippen molar-refractivity contribution in [3.63, 3.8) is 0 Å². The molecule has 19 heavy (non-hydrogen) atoms. The second-order valence-corrected chi connectivity index (χ2v) is 5.96. The Bertz CT molecular complexity index is 570. The van der Waals surface area contributed by atoms with Crippen LogP contribution < -0.4 is 15.8 Å². The van der Waals surface area contributed by atoms with Crippen LogP contribution in [0.1, 0.15) is 18.1 Å². The number of carbonyl (C=O) groups is 1. The van der Waals surface area contributed by atoms with Crippen LogP contribution >= 0.6 is 0 Å². The van der Waals surface area contributed by atoms with E-state index in [1.807, 2.05) is 0 Å². The molecule has 1 amide bonds. The number of hydrogen-bond acceptors (Lipinski definition) is 4. The van der Waals surface area contributed by atoms with E-state index in [-0.39, 0.29) is 10.8 Å². The zero-order chi connectivity index (χ0) is 14.6. The number of aryl methyl sites for hydroxylation is 1. The van der Waals surface area contributed by atoms with Crippen LogP contribution in [0.15, 0.2) is 23.1 Å². The van der Waals surface area contributed by atoms with Crippen molar-refractivity contribution >= 4 is 15.9 Å². The number of amides is 1. The van der Waals surface area contributed by atoms with Crippen LogP contribution in [0, 0.1) is 6.92 Å². The van der Waals surface area contributed by atoms with Gasteiger partial charge in [-0.15, -0.1) is 0 Å². The fraction of sp³-hybridized carbons (Fsp3) is 0.417. The minimum absolute atomic E-state index is 0.123. The normalized spacial score (nSPS) is 13.1. The molecule has 0 spiro atoms.